The summed E-state index contributed by atoms with van der Waals surface area (Å²) >= 11 is 0. The van der Waals surface area contributed by atoms with Gasteiger partial charge in [0.25, 0.3) is 5.69 Å². The lowest BCUT2D eigenvalue weighted by atomic mass is 9.95. The van der Waals surface area contributed by atoms with Crippen LogP contribution in [0.25, 0.3) is 6.08 Å². The Morgan fingerprint density at radius 3 is 2.50 bits per heavy atom. The first kappa shape index (κ1) is 18.4. The van der Waals surface area contributed by atoms with E-state index in [1.54, 1.807) is 19.2 Å². The van der Waals surface area contributed by atoms with Crippen LogP contribution in [0.4, 0.5) is 5.69 Å². The van der Waals surface area contributed by atoms with Gasteiger partial charge in [-0.15, -0.1) is 0 Å². The molecule has 1 unspecified atom stereocenters. The van der Waals surface area contributed by atoms with Crippen molar-refractivity contribution in [3.63, 3.8) is 0 Å². The predicted molar refractivity (Wildman–Crippen MR) is 90.9 cm³/mol. The number of hydrogen-bond acceptors (Lipinski definition) is 3. The fourth-order valence-electron chi connectivity index (χ4n) is 2.24. The highest BCUT2D eigenvalue weighted by Gasteiger charge is 2.15. The van der Waals surface area contributed by atoms with Gasteiger partial charge in [-0.25, -0.2) is 0 Å². The maximum atomic E-state index is 10.6. The second-order valence-electron chi connectivity index (χ2n) is 6.45. The van der Waals surface area contributed by atoms with Crippen LogP contribution in [0.5, 0.6) is 0 Å². The first-order chi connectivity index (χ1) is 10.3. The monoisotopic (exact) mass is 305 g/mol. The van der Waals surface area contributed by atoms with Crippen LogP contribution in [0.15, 0.2) is 30.3 Å². The van der Waals surface area contributed by atoms with Crippen molar-refractivity contribution in [3.05, 3.63) is 46.0 Å². The number of allylic oxidation sites excluding steroid dienone is 1. The number of methoxy groups -OCH3 is 1. The largest absolute Gasteiger partial charge is 0.379 e. The average Bonchev–Trinajstić information content (AvgIpc) is 2.47. The number of nitro groups is 1. The molecule has 0 heterocycles. The minimum atomic E-state index is -0.378. The SMILES string of the molecule is COC(C)(C)CCCC(C)C/C=C/c1ccc([N+](=O)[O-])cc1. The Kier molecular flexibility index (Phi) is 7.25. The minimum Gasteiger partial charge on any atom is -0.379 e. The summed E-state index contributed by atoms with van der Waals surface area (Å²) in [5.74, 6) is 0.627. The van der Waals surface area contributed by atoms with Gasteiger partial charge in [0.15, 0.2) is 0 Å². The van der Waals surface area contributed by atoms with Gasteiger partial charge in [-0.2, -0.15) is 0 Å². The molecule has 0 saturated heterocycles. The molecule has 0 aliphatic rings. The maximum Gasteiger partial charge on any atom is 0.269 e. The fourth-order valence-corrected chi connectivity index (χ4v) is 2.24. The van der Waals surface area contributed by atoms with Crippen molar-refractivity contribution in [2.45, 2.75) is 52.1 Å². The highest BCUT2D eigenvalue weighted by atomic mass is 16.6. The van der Waals surface area contributed by atoms with Gasteiger partial charge in [-0.3, -0.25) is 10.1 Å². The number of hydrogen-bond donors (Lipinski definition) is 0. The molecule has 1 atom stereocenters. The van der Waals surface area contributed by atoms with Gasteiger partial charge in [0.1, 0.15) is 0 Å². The van der Waals surface area contributed by atoms with Crippen LogP contribution in [0, 0.1) is 16.0 Å². The Morgan fingerprint density at radius 2 is 1.95 bits per heavy atom. The summed E-state index contributed by atoms with van der Waals surface area (Å²) in [6.45, 7) is 6.48. The number of nitro benzene ring substituents is 1. The van der Waals surface area contributed by atoms with E-state index in [-0.39, 0.29) is 16.2 Å². The number of ether oxygens (including phenoxy) is 1. The lowest BCUT2D eigenvalue weighted by Crippen LogP contribution is -2.22. The summed E-state index contributed by atoms with van der Waals surface area (Å²) < 4.78 is 5.42. The van der Waals surface area contributed by atoms with Crippen molar-refractivity contribution < 1.29 is 9.66 Å². The van der Waals surface area contributed by atoms with Gasteiger partial charge in [0.05, 0.1) is 10.5 Å². The molecule has 0 N–H and O–H groups in total. The maximum absolute atomic E-state index is 10.6. The molecule has 0 spiro atoms. The van der Waals surface area contributed by atoms with Crippen molar-refractivity contribution in [1.29, 1.82) is 0 Å². The Balaban J connectivity index is 2.34. The highest BCUT2D eigenvalue weighted by Crippen LogP contribution is 2.21. The molecule has 0 aromatic heterocycles. The quantitative estimate of drug-likeness (QED) is 0.463. The van der Waals surface area contributed by atoms with Gasteiger partial charge in [0, 0.05) is 19.2 Å². The number of non-ortho nitro benzene ring substituents is 1. The zero-order chi connectivity index (χ0) is 16.6. The number of rotatable bonds is 9. The molecule has 0 bridgehead atoms. The molecule has 0 aliphatic carbocycles. The van der Waals surface area contributed by atoms with E-state index in [0.717, 1.165) is 24.8 Å². The Morgan fingerprint density at radius 1 is 1.32 bits per heavy atom. The third kappa shape index (κ3) is 6.85. The summed E-state index contributed by atoms with van der Waals surface area (Å²) in [5, 5.41) is 10.6. The van der Waals surface area contributed by atoms with E-state index in [1.165, 1.54) is 18.6 Å². The molecule has 0 aliphatic heterocycles. The predicted octanol–water partition coefficient (Wildman–Crippen LogP) is 5.23. The van der Waals surface area contributed by atoms with Gasteiger partial charge in [-0.05, 0) is 50.3 Å². The molecular weight excluding hydrogens is 278 g/mol. The second-order valence-corrected chi connectivity index (χ2v) is 6.45. The normalized spacial score (nSPS) is 13.5. The van der Waals surface area contributed by atoms with E-state index in [2.05, 4.69) is 26.8 Å². The van der Waals surface area contributed by atoms with Crippen LogP contribution < -0.4 is 0 Å². The molecule has 0 saturated carbocycles. The highest BCUT2D eigenvalue weighted by molar-refractivity contribution is 5.51. The summed E-state index contributed by atoms with van der Waals surface area (Å²) in [6.07, 6.45) is 8.60. The van der Waals surface area contributed by atoms with Crippen LogP contribution in [0.1, 0.15) is 52.0 Å². The smallest absolute Gasteiger partial charge is 0.269 e. The number of nitrogens with zero attached hydrogens (tertiary/aromatic N) is 1. The first-order valence-electron chi connectivity index (χ1n) is 7.80. The average molecular weight is 305 g/mol. The van der Waals surface area contributed by atoms with E-state index < -0.39 is 0 Å². The molecule has 0 amide bonds. The van der Waals surface area contributed by atoms with Crippen molar-refractivity contribution in [2.75, 3.05) is 7.11 Å². The van der Waals surface area contributed by atoms with Crippen LogP contribution >= 0.6 is 0 Å². The number of benzene rings is 1. The Hall–Kier alpha value is -1.68. The van der Waals surface area contributed by atoms with E-state index in [4.69, 9.17) is 4.74 Å². The molecule has 4 heteroatoms. The summed E-state index contributed by atoms with van der Waals surface area (Å²) in [5.41, 5.74) is 1.10. The van der Waals surface area contributed by atoms with E-state index >= 15 is 0 Å². The molecular formula is C18H27NO3. The lowest BCUT2D eigenvalue weighted by Gasteiger charge is -2.23. The summed E-state index contributed by atoms with van der Waals surface area (Å²) in [7, 11) is 1.76. The molecule has 1 rings (SSSR count). The molecule has 122 valence electrons. The lowest BCUT2D eigenvalue weighted by molar-refractivity contribution is -0.384. The van der Waals surface area contributed by atoms with Crippen molar-refractivity contribution in [1.82, 2.24) is 0 Å². The molecule has 0 radical (unpaired) electrons. The van der Waals surface area contributed by atoms with Gasteiger partial charge in [-0.1, -0.05) is 31.9 Å². The van der Waals surface area contributed by atoms with Crippen molar-refractivity contribution >= 4 is 11.8 Å². The third-order valence-electron chi connectivity index (χ3n) is 3.98. The van der Waals surface area contributed by atoms with Crippen LogP contribution in [0.2, 0.25) is 0 Å². The van der Waals surface area contributed by atoms with Gasteiger partial charge < -0.3 is 4.74 Å². The Bertz CT molecular complexity index is 492. The van der Waals surface area contributed by atoms with Gasteiger partial charge >= 0.3 is 0 Å². The van der Waals surface area contributed by atoms with E-state index in [9.17, 15) is 10.1 Å². The third-order valence-corrected chi connectivity index (χ3v) is 3.98. The van der Waals surface area contributed by atoms with E-state index in [1.807, 2.05) is 6.08 Å². The van der Waals surface area contributed by atoms with Crippen LogP contribution in [0.3, 0.4) is 0 Å². The van der Waals surface area contributed by atoms with Crippen LogP contribution in [-0.2, 0) is 4.74 Å². The standard InChI is InChI=1S/C18H27NO3/c1-15(8-6-14-18(2,3)22-4)7-5-9-16-10-12-17(13-11-16)19(20)21/h5,9-13,15H,6-8,14H2,1-4H3/b9-5+. The zero-order valence-electron chi connectivity index (χ0n) is 14.0. The summed E-state index contributed by atoms with van der Waals surface area (Å²) in [4.78, 5) is 10.2. The fraction of sp³-hybridized carbons (Fsp3) is 0.556. The Labute approximate surface area is 133 Å². The molecule has 4 nitrogen and oxygen atoms in total. The van der Waals surface area contributed by atoms with Gasteiger partial charge in [0.2, 0.25) is 0 Å². The zero-order valence-corrected chi connectivity index (χ0v) is 14.0. The topological polar surface area (TPSA) is 52.4 Å². The molecule has 1 aromatic carbocycles. The van der Waals surface area contributed by atoms with Crippen molar-refractivity contribution in [3.8, 4) is 0 Å². The molecule has 0 fully saturated rings. The van der Waals surface area contributed by atoms with Crippen molar-refractivity contribution in [2.24, 2.45) is 5.92 Å². The molecule has 22 heavy (non-hydrogen) atoms. The first-order valence-corrected chi connectivity index (χ1v) is 7.80. The molecule has 1 aromatic rings. The summed E-state index contributed by atoms with van der Waals surface area (Å²) in [6, 6.07) is 6.63. The van der Waals surface area contributed by atoms with Crippen LogP contribution in [-0.4, -0.2) is 17.6 Å². The minimum absolute atomic E-state index is 0.0334. The van der Waals surface area contributed by atoms with E-state index in [0.29, 0.717) is 5.92 Å². The second kappa shape index (κ2) is 8.69.